The summed E-state index contributed by atoms with van der Waals surface area (Å²) < 4.78 is 0. The number of carbonyl (C=O) groups excluding carboxylic acids is 1. The molecule has 1 atom stereocenters. The lowest BCUT2D eigenvalue weighted by Crippen LogP contribution is -2.46. The molecule has 4 N–H and O–H groups in total. The molecule has 17 heavy (non-hydrogen) atoms. The van der Waals surface area contributed by atoms with Crippen molar-refractivity contribution in [1.29, 1.82) is 0 Å². The maximum absolute atomic E-state index is 12.0. The van der Waals surface area contributed by atoms with Crippen LogP contribution in [0.25, 0.3) is 0 Å². The fourth-order valence-corrected chi connectivity index (χ4v) is 2.36. The minimum atomic E-state index is -0.381. The van der Waals surface area contributed by atoms with Gasteiger partial charge >= 0.3 is 0 Å². The van der Waals surface area contributed by atoms with Gasteiger partial charge in [0.1, 0.15) is 4.88 Å². The van der Waals surface area contributed by atoms with Crippen LogP contribution in [0.4, 0.5) is 0 Å². The molecule has 1 aromatic rings. The summed E-state index contributed by atoms with van der Waals surface area (Å²) >= 11 is 1.28. The zero-order chi connectivity index (χ0) is 12.4. The van der Waals surface area contributed by atoms with Crippen molar-refractivity contribution < 1.29 is 10.0 Å². The van der Waals surface area contributed by atoms with Gasteiger partial charge in [-0.05, 0) is 25.7 Å². The molecule has 0 bridgehead atoms. The molecule has 1 unspecified atom stereocenters. The highest BCUT2D eigenvalue weighted by Gasteiger charge is 2.35. The van der Waals surface area contributed by atoms with Gasteiger partial charge in [0, 0.05) is 0 Å². The second-order valence-corrected chi connectivity index (χ2v) is 4.94. The zero-order valence-electron chi connectivity index (χ0n) is 9.38. The lowest BCUT2D eigenvalue weighted by Gasteiger charge is -2.16. The van der Waals surface area contributed by atoms with Crippen LogP contribution in [0, 0.1) is 12.8 Å². The lowest BCUT2D eigenvalue weighted by molar-refractivity contribution is 0.0946. The molecule has 1 saturated carbocycles. The number of aryl methyl sites for hydroxylation is 1. The van der Waals surface area contributed by atoms with Crippen LogP contribution in [-0.4, -0.2) is 28.0 Å². The van der Waals surface area contributed by atoms with Gasteiger partial charge in [-0.1, -0.05) is 5.16 Å². The highest BCUT2D eigenvalue weighted by molar-refractivity contribution is 7.11. The Morgan fingerprint density at radius 1 is 1.76 bits per heavy atom. The number of thiazole rings is 1. The number of amides is 1. The molecule has 92 valence electrons. The fraction of sp³-hybridized carbons (Fsp3) is 0.500. The van der Waals surface area contributed by atoms with Crippen molar-refractivity contribution in [3.63, 3.8) is 0 Å². The molecular weight excluding hydrogens is 240 g/mol. The summed E-state index contributed by atoms with van der Waals surface area (Å²) in [5.41, 5.74) is 7.89. The highest BCUT2D eigenvalue weighted by atomic mass is 32.1. The number of amidine groups is 1. The molecule has 0 spiro atoms. The minimum Gasteiger partial charge on any atom is -0.409 e. The van der Waals surface area contributed by atoms with Crippen molar-refractivity contribution in [2.75, 3.05) is 0 Å². The van der Waals surface area contributed by atoms with E-state index in [4.69, 9.17) is 10.9 Å². The Bertz CT molecular complexity index is 453. The Morgan fingerprint density at radius 2 is 2.47 bits per heavy atom. The number of hydrogen-bond acceptors (Lipinski definition) is 5. The topological polar surface area (TPSA) is 101 Å². The molecule has 0 saturated heterocycles. The molecular formula is C10H14N4O2S. The molecule has 6 nitrogen and oxygen atoms in total. The number of hydrogen-bond donors (Lipinski definition) is 3. The average molecular weight is 254 g/mol. The van der Waals surface area contributed by atoms with E-state index in [1.165, 1.54) is 11.3 Å². The smallest absolute Gasteiger partial charge is 0.263 e. The monoisotopic (exact) mass is 254 g/mol. The molecule has 1 amide bonds. The minimum absolute atomic E-state index is 0.0584. The van der Waals surface area contributed by atoms with E-state index in [2.05, 4.69) is 15.5 Å². The van der Waals surface area contributed by atoms with Gasteiger partial charge < -0.3 is 16.3 Å². The van der Waals surface area contributed by atoms with E-state index in [0.717, 1.165) is 12.8 Å². The summed E-state index contributed by atoms with van der Waals surface area (Å²) in [6, 6.07) is -0.381. The molecule has 1 fully saturated rings. The SMILES string of the molecule is Cc1ncsc1C(=O)NC(C(N)=NO)C1CC1. The quantitative estimate of drug-likeness (QED) is 0.319. The van der Waals surface area contributed by atoms with Gasteiger partial charge in [-0.25, -0.2) is 4.98 Å². The van der Waals surface area contributed by atoms with Crippen molar-refractivity contribution in [2.45, 2.75) is 25.8 Å². The van der Waals surface area contributed by atoms with Crippen LogP contribution in [0.15, 0.2) is 10.7 Å². The van der Waals surface area contributed by atoms with E-state index >= 15 is 0 Å². The fourth-order valence-electron chi connectivity index (χ4n) is 1.65. The van der Waals surface area contributed by atoms with Crippen LogP contribution in [-0.2, 0) is 0 Å². The van der Waals surface area contributed by atoms with Crippen molar-refractivity contribution in [3.8, 4) is 0 Å². The Kier molecular flexibility index (Phi) is 3.28. The molecule has 0 radical (unpaired) electrons. The first-order valence-electron chi connectivity index (χ1n) is 5.32. The molecule has 1 aliphatic carbocycles. The predicted octanol–water partition coefficient (Wildman–Crippen LogP) is 0.706. The number of nitrogens with two attached hydrogens (primary N) is 1. The molecule has 1 heterocycles. The van der Waals surface area contributed by atoms with E-state index < -0.39 is 0 Å². The van der Waals surface area contributed by atoms with Crippen molar-refractivity contribution >= 4 is 23.1 Å². The Morgan fingerprint density at radius 3 is 2.94 bits per heavy atom. The van der Waals surface area contributed by atoms with E-state index in [0.29, 0.717) is 10.6 Å². The first-order valence-corrected chi connectivity index (χ1v) is 6.19. The van der Waals surface area contributed by atoms with Crippen LogP contribution >= 0.6 is 11.3 Å². The van der Waals surface area contributed by atoms with Crippen LogP contribution < -0.4 is 11.1 Å². The summed E-state index contributed by atoms with van der Waals surface area (Å²) in [5, 5.41) is 14.4. The highest BCUT2D eigenvalue weighted by Crippen LogP contribution is 2.33. The lowest BCUT2D eigenvalue weighted by atomic mass is 10.1. The van der Waals surface area contributed by atoms with Gasteiger partial charge in [0.05, 0.1) is 17.2 Å². The molecule has 7 heteroatoms. The number of nitrogens with one attached hydrogen (secondary N) is 1. The first kappa shape index (κ1) is 11.8. The number of nitrogens with zero attached hydrogens (tertiary/aromatic N) is 2. The molecule has 0 aromatic carbocycles. The van der Waals surface area contributed by atoms with Crippen molar-refractivity contribution in [1.82, 2.24) is 10.3 Å². The number of carbonyl (C=O) groups is 1. The van der Waals surface area contributed by atoms with Gasteiger partial charge in [0.15, 0.2) is 5.84 Å². The van der Waals surface area contributed by atoms with Gasteiger partial charge in [0.25, 0.3) is 5.91 Å². The summed E-state index contributed by atoms with van der Waals surface area (Å²) in [4.78, 5) is 16.5. The Balaban J connectivity index is 2.08. The molecule has 0 aliphatic heterocycles. The molecule has 1 aliphatic rings. The summed E-state index contributed by atoms with van der Waals surface area (Å²) in [7, 11) is 0. The second-order valence-electron chi connectivity index (χ2n) is 4.08. The Labute approximate surface area is 103 Å². The number of rotatable bonds is 4. The second kappa shape index (κ2) is 4.70. The van der Waals surface area contributed by atoms with E-state index in [1.54, 1.807) is 12.4 Å². The molecule has 2 rings (SSSR count). The molecule has 1 aromatic heterocycles. The van der Waals surface area contributed by atoms with Crippen LogP contribution in [0.1, 0.15) is 28.2 Å². The third-order valence-electron chi connectivity index (χ3n) is 2.77. The third kappa shape index (κ3) is 2.55. The third-order valence-corrected chi connectivity index (χ3v) is 3.69. The van der Waals surface area contributed by atoms with E-state index in [9.17, 15) is 4.79 Å². The van der Waals surface area contributed by atoms with Gasteiger partial charge in [0.2, 0.25) is 0 Å². The predicted molar refractivity (Wildman–Crippen MR) is 64.2 cm³/mol. The Hall–Kier alpha value is -1.63. The normalized spacial score (nSPS) is 17.8. The maximum Gasteiger partial charge on any atom is 0.263 e. The van der Waals surface area contributed by atoms with E-state index in [1.807, 2.05) is 0 Å². The van der Waals surface area contributed by atoms with Crippen molar-refractivity contribution in [2.24, 2.45) is 16.8 Å². The number of oxime groups is 1. The van der Waals surface area contributed by atoms with Gasteiger partial charge in [-0.15, -0.1) is 11.3 Å². The summed E-state index contributed by atoms with van der Waals surface area (Å²) in [6.07, 6.45) is 1.98. The largest absolute Gasteiger partial charge is 0.409 e. The van der Waals surface area contributed by atoms with Gasteiger partial charge in [-0.2, -0.15) is 0 Å². The first-order chi connectivity index (χ1) is 8.13. The van der Waals surface area contributed by atoms with E-state index in [-0.39, 0.29) is 23.7 Å². The average Bonchev–Trinajstić information content (AvgIpc) is 3.07. The standard InChI is InChI=1S/C10H14N4O2S/c1-5-8(17-4-12-5)10(15)13-7(6-2-3-6)9(11)14-16/h4,6-7,16H,2-3H2,1H3,(H2,11,14)(H,13,15). The van der Waals surface area contributed by atoms with Crippen LogP contribution in [0.2, 0.25) is 0 Å². The van der Waals surface area contributed by atoms with Crippen LogP contribution in [0.5, 0.6) is 0 Å². The maximum atomic E-state index is 12.0. The summed E-state index contributed by atoms with van der Waals surface area (Å²) in [5.74, 6) is 0.125. The van der Waals surface area contributed by atoms with Gasteiger partial charge in [-0.3, -0.25) is 4.79 Å². The van der Waals surface area contributed by atoms with Crippen LogP contribution in [0.3, 0.4) is 0 Å². The van der Waals surface area contributed by atoms with Crippen molar-refractivity contribution in [3.05, 3.63) is 16.1 Å². The zero-order valence-corrected chi connectivity index (χ0v) is 10.2. The number of aromatic nitrogens is 1. The summed E-state index contributed by atoms with van der Waals surface area (Å²) in [6.45, 7) is 1.78.